The minimum absolute atomic E-state index is 0.0245. The number of aromatic nitrogens is 2. The lowest BCUT2D eigenvalue weighted by Gasteiger charge is -2.35. The zero-order valence-corrected chi connectivity index (χ0v) is 22.4. The van der Waals surface area contributed by atoms with E-state index in [4.69, 9.17) is 23.9 Å². The van der Waals surface area contributed by atoms with Crippen molar-refractivity contribution in [3.05, 3.63) is 89.0 Å². The lowest BCUT2D eigenvalue weighted by molar-refractivity contribution is 0.0959. The van der Waals surface area contributed by atoms with Gasteiger partial charge in [0, 0.05) is 57.2 Å². The summed E-state index contributed by atoms with van der Waals surface area (Å²) < 4.78 is 16.7. The predicted molar refractivity (Wildman–Crippen MR) is 151 cm³/mol. The van der Waals surface area contributed by atoms with Crippen molar-refractivity contribution < 1.29 is 18.7 Å². The van der Waals surface area contributed by atoms with E-state index in [1.807, 2.05) is 42.5 Å². The normalized spacial score (nSPS) is 18.6. The minimum atomic E-state index is -0.0245. The summed E-state index contributed by atoms with van der Waals surface area (Å²) in [6, 6.07) is 18.1. The second-order valence-electron chi connectivity index (χ2n) is 10.7. The fourth-order valence-electron chi connectivity index (χ4n) is 5.70. The van der Waals surface area contributed by atoms with E-state index in [1.54, 1.807) is 6.26 Å². The number of ketones is 1. The summed E-state index contributed by atoms with van der Waals surface area (Å²) in [4.78, 5) is 28.0. The van der Waals surface area contributed by atoms with Gasteiger partial charge in [-0.15, -0.1) is 0 Å². The zero-order valence-electron chi connectivity index (χ0n) is 22.4. The molecule has 2 aromatic carbocycles. The average molecular weight is 538 g/mol. The van der Waals surface area contributed by atoms with Crippen molar-refractivity contribution in [2.24, 2.45) is 0 Å². The number of rotatable bonds is 6. The van der Waals surface area contributed by atoms with Gasteiger partial charge in [-0.1, -0.05) is 23.8 Å². The molecule has 1 saturated heterocycles. The van der Waals surface area contributed by atoms with Gasteiger partial charge in [0.1, 0.15) is 11.6 Å². The molecule has 2 aliphatic heterocycles. The first-order valence-corrected chi connectivity index (χ1v) is 13.8. The number of furan rings is 1. The number of carbonyl (C=O) groups is 1. The highest BCUT2D eigenvalue weighted by molar-refractivity contribution is 6.03. The summed E-state index contributed by atoms with van der Waals surface area (Å²) in [6.07, 6.45) is 2.68. The van der Waals surface area contributed by atoms with Crippen LogP contribution in [0.4, 0.5) is 17.5 Å². The lowest BCUT2D eigenvalue weighted by atomic mass is 9.84. The van der Waals surface area contributed by atoms with Crippen molar-refractivity contribution in [2.75, 3.05) is 43.2 Å². The van der Waals surface area contributed by atoms with Gasteiger partial charge >= 0.3 is 0 Å². The van der Waals surface area contributed by atoms with E-state index >= 15 is 0 Å². The second kappa shape index (κ2) is 10.3. The maximum Gasteiger partial charge on any atom is 0.231 e. The quantitative estimate of drug-likeness (QED) is 0.361. The molecule has 1 fully saturated rings. The van der Waals surface area contributed by atoms with Crippen molar-refractivity contribution >= 4 is 23.2 Å². The van der Waals surface area contributed by atoms with Gasteiger partial charge in [0.2, 0.25) is 12.7 Å². The highest BCUT2D eigenvalue weighted by Crippen LogP contribution is 2.37. The Kier molecular flexibility index (Phi) is 6.36. The smallest absolute Gasteiger partial charge is 0.231 e. The fraction of sp³-hybridized carbons (Fsp3) is 0.323. The molecule has 1 N–H and O–H groups in total. The highest BCUT2D eigenvalue weighted by Gasteiger charge is 2.33. The number of piperazine rings is 1. The molecule has 7 rings (SSSR count). The molecule has 1 aliphatic carbocycles. The number of carbonyl (C=O) groups excluding carboxylic acids is 1. The number of aryl methyl sites for hydroxylation is 1. The van der Waals surface area contributed by atoms with Crippen LogP contribution in [0.25, 0.3) is 0 Å². The van der Waals surface area contributed by atoms with Crippen LogP contribution in [-0.4, -0.2) is 53.6 Å². The summed E-state index contributed by atoms with van der Waals surface area (Å²) in [5.74, 6) is 3.69. The Morgan fingerprint density at radius 2 is 1.77 bits per heavy atom. The molecule has 9 nitrogen and oxygen atoms in total. The first kappa shape index (κ1) is 24.7. The fourth-order valence-corrected chi connectivity index (χ4v) is 5.70. The maximum absolute atomic E-state index is 13.4. The first-order chi connectivity index (χ1) is 19.6. The number of hydrogen-bond acceptors (Lipinski definition) is 9. The van der Waals surface area contributed by atoms with Crippen LogP contribution in [0.3, 0.4) is 0 Å². The average Bonchev–Trinajstić information content (AvgIpc) is 3.67. The molecular formula is C31H31N5O4. The third-order valence-electron chi connectivity index (χ3n) is 7.88. The Labute approximate surface area is 232 Å². The van der Waals surface area contributed by atoms with Crippen LogP contribution in [0.1, 0.15) is 45.3 Å². The molecule has 0 saturated carbocycles. The summed E-state index contributed by atoms with van der Waals surface area (Å²) in [7, 11) is 0. The monoisotopic (exact) mass is 537 g/mol. The van der Waals surface area contributed by atoms with Crippen molar-refractivity contribution in [2.45, 2.75) is 32.2 Å². The third kappa shape index (κ3) is 4.88. The van der Waals surface area contributed by atoms with Crippen LogP contribution in [0.5, 0.6) is 11.5 Å². The van der Waals surface area contributed by atoms with Crippen molar-refractivity contribution in [3.63, 3.8) is 0 Å². The van der Waals surface area contributed by atoms with Gasteiger partial charge in [-0.2, -0.15) is 4.98 Å². The Morgan fingerprint density at radius 1 is 0.950 bits per heavy atom. The molecule has 0 bridgehead atoms. The van der Waals surface area contributed by atoms with Crippen molar-refractivity contribution in [1.82, 2.24) is 14.9 Å². The molecule has 1 atom stereocenters. The molecule has 0 spiro atoms. The standard InChI is InChI=1S/C31H31N5O4/c1-20-4-7-23(8-5-20)32-30-29-24(16-22(17-25(29)37)26-3-2-14-38-26)33-31(34-30)36-12-10-35(11-13-36)18-21-6-9-27-28(15-21)40-19-39-27/h2-9,14-15,22H,10-13,16-19H2,1H3,(H,32,33,34). The molecule has 1 unspecified atom stereocenters. The molecule has 9 heteroatoms. The van der Waals surface area contributed by atoms with E-state index in [-0.39, 0.29) is 18.5 Å². The van der Waals surface area contributed by atoms with Crippen LogP contribution in [0, 0.1) is 6.92 Å². The van der Waals surface area contributed by atoms with Gasteiger partial charge in [0.15, 0.2) is 17.3 Å². The van der Waals surface area contributed by atoms with Gasteiger partial charge in [-0.05, 0) is 48.9 Å². The van der Waals surface area contributed by atoms with Crippen LogP contribution in [0.2, 0.25) is 0 Å². The molecule has 2 aromatic heterocycles. The Morgan fingerprint density at radius 3 is 2.58 bits per heavy atom. The first-order valence-electron chi connectivity index (χ1n) is 13.8. The van der Waals surface area contributed by atoms with Gasteiger partial charge in [0.05, 0.1) is 17.5 Å². The Hall–Kier alpha value is -4.37. The molecular weight excluding hydrogens is 506 g/mol. The number of benzene rings is 2. The molecule has 204 valence electrons. The van der Waals surface area contributed by atoms with E-state index in [0.29, 0.717) is 30.2 Å². The zero-order chi connectivity index (χ0) is 27.1. The van der Waals surface area contributed by atoms with Crippen molar-refractivity contribution in [3.8, 4) is 11.5 Å². The van der Waals surface area contributed by atoms with Gasteiger partial charge in [0.25, 0.3) is 0 Å². The highest BCUT2D eigenvalue weighted by atomic mass is 16.7. The Bertz CT molecular complexity index is 1530. The van der Waals surface area contributed by atoms with E-state index < -0.39 is 0 Å². The number of Topliss-reactive ketones (excluding diaryl/α,β-unsaturated/α-hetero) is 1. The number of nitrogens with zero attached hydrogens (tertiary/aromatic N) is 4. The second-order valence-corrected chi connectivity index (χ2v) is 10.7. The van der Waals surface area contributed by atoms with E-state index in [9.17, 15) is 4.79 Å². The SMILES string of the molecule is Cc1ccc(Nc2nc(N3CCN(Cc4ccc5c(c4)OCO5)CC3)nc3c2C(=O)CC(c2ccco2)C3)cc1. The van der Waals surface area contributed by atoms with Gasteiger partial charge < -0.3 is 24.1 Å². The van der Waals surface area contributed by atoms with E-state index in [0.717, 1.165) is 61.4 Å². The molecule has 0 amide bonds. The maximum atomic E-state index is 13.4. The van der Waals surface area contributed by atoms with Gasteiger partial charge in [-0.3, -0.25) is 9.69 Å². The summed E-state index contributed by atoms with van der Waals surface area (Å²) >= 11 is 0. The van der Waals surface area contributed by atoms with Crippen LogP contribution in [0.15, 0.2) is 65.3 Å². The largest absolute Gasteiger partial charge is 0.469 e. The number of nitrogens with one attached hydrogen (secondary N) is 1. The van der Waals surface area contributed by atoms with Crippen LogP contribution in [-0.2, 0) is 13.0 Å². The number of ether oxygens (including phenoxy) is 2. The lowest BCUT2D eigenvalue weighted by Crippen LogP contribution is -2.46. The summed E-state index contributed by atoms with van der Waals surface area (Å²) in [5, 5.41) is 3.43. The summed E-state index contributed by atoms with van der Waals surface area (Å²) in [5.41, 5.74) is 4.64. The number of hydrogen-bond donors (Lipinski definition) is 1. The Balaban J connectivity index is 1.13. The topological polar surface area (TPSA) is 93.0 Å². The number of anilines is 3. The number of fused-ring (bicyclic) bond motifs is 2. The van der Waals surface area contributed by atoms with E-state index in [1.165, 1.54) is 11.1 Å². The van der Waals surface area contributed by atoms with Crippen molar-refractivity contribution in [1.29, 1.82) is 0 Å². The van der Waals surface area contributed by atoms with E-state index in [2.05, 4.69) is 34.2 Å². The van der Waals surface area contributed by atoms with Crippen LogP contribution >= 0.6 is 0 Å². The summed E-state index contributed by atoms with van der Waals surface area (Å²) in [6.45, 7) is 6.53. The predicted octanol–water partition coefficient (Wildman–Crippen LogP) is 5.09. The van der Waals surface area contributed by atoms with Crippen LogP contribution < -0.4 is 19.7 Å². The molecule has 3 aliphatic rings. The minimum Gasteiger partial charge on any atom is -0.469 e. The molecule has 40 heavy (non-hydrogen) atoms. The third-order valence-corrected chi connectivity index (χ3v) is 7.88. The molecule has 4 aromatic rings. The molecule has 0 radical (unpaired) electrons. The molecule has 4 heterocycles. The van der Waals surface area contributed by atoms with Gasteiger partial charge in [-0.25, -0.2) is 4.98 Å².